The fraction of sp³-hybridized carbons (Fsp3) is 0.188. The molecule has 0 saturated heterocycles. The summed E-state index contributed by atoms with van der Waals surface area (Å²) in [7, 11) is 0. The molecule has 2 aromatic carbocycles. The first-order valence-corrected chi connectivity index (χ1v) is 6.51. The Kier molecular flexibility index (Phi) is 4.85. The maximum atomic E-state index is 13.6. The number of carbonyl (C=O) groups is 1. The van der Waals surface area contributed by atoms with Gasteiger partial charge in [0.2, 0.25) is 5.91 Å². The summed E-state index contributed by atoms with van der Waals surface area (Å²) >= 11 is 0. The molecule has 3 nitrogen and oxygen atoms in total. The van der Waals surface area contributed by atoms with Crippen LogP contribution in [0, 0.1) is 5.82 Å². The third-order valence-corrected chi connectivity index (χ3v) is 3.00. The standard InChI is InChI=1S/C16H17FN2O/c17-15-4-2-1-3-14(15)13-7-5-12(6-8-13)11-19-16(20)9-10-18/h1-8H,9-11,18H2,(H,19,20). The maximum Gasteiger partial charge on any atom is 0.221 e. The lowest BCUT2D eigenvalue weighted by molar-refractivity contribution is -0.121. The summed E-state index contributed by atoms with van der Waals surface area (Å²) in [6, 6.07) is 14.1. The van der Waals surface area contributed by atoms with Crippen LogP contribution in [-0.4, -0.2) is 12.5 Å². The van der Waals surface area contributed by atoms with Crippen molar-refractivity contribution in [3.63, 3.8) is 0 Å². The number of nitrogens with two attached hydrogens (primary N) is 1. The number of hydrogen-bond donors (Lipinski definition) is 2. The topological polar surface area (TPSA) is 55.1 Å². The van der Waals surface area contributed by atoms with E-state index in [0.29, 0.717) is 25.1 Å². The fourth-order valence-corrected chi connectivity index (χ4v) is 1.92. The Bertz CT molecular complexity index is 581. The van der Waals surface area contributed by atoms with Crippen LogP contribution >= 0.6 is 0 Å². The minimum absolute atomic E-state index is 0.0642. The lowest BCUT2D eigenvalue weighted by Gasteiger charge is -2.07. The number of carbonyl (C=O) groups excluding carboxylic acids is 1. The summed E-state index contributed by atoms with van der Waals surface area (Å²) in [4.78, 5) is 11.3. The van der Waals surface area contributed by atoms with E-state index in [4.69, 9.17) is 5.73 Å². The molecule has 2 aromatic rings. The van der Waals surface area contributed by atoms with Crippen molar-refractivity contribution in [2.45, 2.75) is 13.0 Å². The predicted octanol–water partition coefficient (Wildman–Crippen LogP) is 2.46. The zero-order chi connectivity index (χ0) is 14.4. The average molecular weight is 272 g/mol. The van der Waals surface area contributed by atoms with E-state index in [1.54, 1.807) is 18.2 Å². The van der Waals surface area contributed by atoms with Crippen LogP contribution in [0.25, 0.3) is 11.1 Å². The molecule has 0 atom stereocenters. The van der Waals surface area contributed by atoms with Crippen molar-refractivity contribution in [3.05, 3.63) is 59.9 Å². The van der Waals surface area contributed by atoms with Gasteiger partial charge in [0.15, 0.2) is 0 Å². The third-order valence-electron chi connectivity index (χ3n) is 3.00. The lowest BCUT2D eigenvalue weighted by atomic mass is 10.0. The van der Waals surface area contributed by atoms with Gasteiger partial charge in [0.1, 0.15) is 5.82 Å². The monoisotopic (exact) mass is 272 g/mol. The highest BCUT2D eigenvalue weighted by Gasteiger charge is 2.04. The van der Waals surface area contributed by atoms with Gasteiger partial charge in [-0.25, -0.2) is 4.39 Å². The summed E-state index contributed by atoms with van der Waals surface area (Å²) in [6.45, 7) is 0.800. The summed E-state index contributed by atoms with van der Waals surface area (Å²) in [5, 5.41) is 2.78. The second kappa shape index (κ2) is 6.82. The van der Waals surface area contributed by atoms with Gasteiger partial charge in [-0.05, 0) is 17.2 Å². The van der Waals surface area contributed by atoms with Crippen molar-refractivity contribution in [1.82, 2.24) is 5.32 Å². The Labute approximate surface area is 117 Å². The summed E-state index contributed by atoms with van der Waals surface area (Å²) in [5.41, 5.74) is 7.66. The molecule has 2 rings (SSSR count). The molecule has 4 heteroatoms. The molecule has 20 heavy (non-hydrogen) atoms. The van der Waals surface area contributed by atoms with Crippen LogP contribution < -0.4 is 11.1 Å². The zero-order valence-corrected chi connectivity index (χ0v) is 11.1. The summed E-state index contributed by atoms with van der Waals surface area (Å²) in [5.74, 6) is -0.304. The van der Waals surface area contributed by atoms with E-state index in [1.807, 2.05) is 24.3 Å². The maximum absolute atomic E-state index is 13.6. The minimum Gasteiger partial charge on any atom is -0.352 e. The molecule has 0 bridgehead atoms. The van der Waals surface area contributed by atoms with Crippen LogP contribution in [-0.2, 0) is 11.3 Å². The lowest BCUT2D eigenvalue weighted by Crippen LogP contribution is -2.24. The van der Waals surface area contributed by atoms with E-state index in [2.05, 4.69) is 5.32 Å². The largest absolute Gasteiger partial charge is 0.352 e. The summed E-state index contributed by atoms with van der Waals surface area (Å²) in [6.07, 6.45) is 0.327. The molecule has 0 aliphatic heterocycles. The van der Waals surface area contributed by atoms with Gasteiger partial charge in [-0.3, -0.25) is 4.79 Å². The number of amides is 1. The highest BCUT2D eigenvalue weighted by Crippen LogP contribution is 2.22. The zero-order valence-electron chi connectivity index (χ0n) is 11.1. The van der Waals surface area contributed by atoms with E-state index in [1.165, 1.54) is 6.07 Å². The molecule has 0 unspecified atom stereocenters. The van der Waals surface area contributed by atoms with E-state index < -0.39 is 0 Å². The Morgan fingerprint density at radius 2 is 1.80 bits per heavy atom. The van der Waals surface area contributed by atoms with E-state index in [9.17, 15) is 9.18 Å². The van der Waals surface area contributed by atoms with Crippen molar-refractivity contribution in [3.8, 4) is 11.1 Å². The highest BCUT2D eigenvalue weighted by atomic mass is 19.1. The first-order valence-electron chi connectivity index (χ1n) is 6.51. The number of halogens is 1. The van der Waals surface area contributed by atoms with Crippen LogP contribution in [0.2, 0.25) is 0 Å². The van der Waals surface area contributed by atoms with Crippen LogP contribution in [0.4, 0.5) is 4.39 Å². The number of rotatable bonds is 5. The highest BCUT2D eigenvalue weighted by molar-refractivity contribution is 5.76. The first kappa shape index (κ1) is 14.2. The molecule has 0 aromatic heterocycles. The van der Waals surface area contributed by atoms with Gasteiger partial charge in [0.05, 0.1) is 0 Å². The van der Waals surface area contributed by atoms with Gasteiger partial charge in [-0.1, -0.05) is 42.5 Å². The minimum atomic E-state index is -0.239. The normalized spacial score (nSPS) is 10.3. The van der Waals surface area contributed by atoms with E-state index in [-0.39, 0.29) is 11.7 Å². The molecule has 0 heterocycles. The molecule has 0 aliphatic carbocycles. The quantitative estimate of drug-likeness (QED) is 0.878. The molecule has 0 spiro atoms. The second-order valence-electron chi connectivity index (χ2n) is 4.49. The first-order chi connectivity index (χ1) is 9.70. The van der Waals surface area contributed by atoms with Crippen LogP contribution in [0.1, 0.15) is 12.0 Å². The van der Waals surface area contributed by atoms with Crippen LogP contribution in [0.15, 0.2) is 48.5 Å². The molecular weight excluding hydrogens is 255 g/mol. The van der Waals surface area contributed by atoms with Gasteiger partial charge >= 0.3 is 0 Å². The molecule has 0 aliphatic rings. The molecule has 3 N–H and O–H groups in total. The van der Waals surface area contributed by atoms with Crippen molar-refractivity contribution in [2.24, 2.45) is 5.73 Å². The van der Waals surface area contributed by atoms with Gasteiger partial charge in [-0.2, -0.15) is 0 Å². The SMILES string of the molecule is NCCC(=O)NCc1ccc(-c2ccccc2F)cc1. The van der Waals surface area contributed by atoms with Crippen molar-refractivity contribution in [2.75, 3.05) is 6.54 Å². The summed E-state index contributed by atoms with van der Waals surface area (Å²) < 4.78 is 13.6. The van der Waals surface area contributed by atoms with Crippen molar-refractivity contribution < 1.29 is 9.18 Å². The van der Waals surface area contributed by atoms with Crippen molar-refractivity contribution >= 4 is 5.91 Å². The Morgan fingerprint density at radius 3 is 2.45 bits per heavy atom. The van der Waals surface area contributed by atoms with Gasteiger partial charge < -0.3 is 11.1 Å². The van der Waals surface area contributed by atoms with Gasteiger partial charge in [-0.15, -0.1) is 0 Å². The number of nitrogens with one attached hydrogen (secondary N) is 1. The molecular formula is C16H17FN2O. The van der Waals surface area contributed by atoms with Gasteiger partial charge in [0, 0.05) is 25.1 Å². The number of benzene rings is 2. The van der Waals surface area contributed by atoms with Crippen LogP contribution in [0.5, 0.6) is 0 Å². The Morgan fingerprint density at radius 1 is 1.10 bits per heavy atom. The second-order valence-corrected chi connectivity index (χ2v) is 4.49. The Hall–Kier alpha value is -2.20. The third kappa shape index (κ3) is 3.65. The molecule has 1 amide bonds. The van der Waals surface area contributed by atoms with Crippen molar-refractivity contribution in [1.29, 1.82) is 0 Å². The van der Waals surface area contributed by atoms with Crippen LogP contribution in [0.3, 0.4) is 0 Å². The number of hydrogen-bond acceptors (Lipinski definition) is 2. The van der Waals surface area contributed by atoms with Gasteiger partial charge in [0.25, 0.3) is 0 Å². The molecule has 0 radical (unpaired) electrons. The fourth-order valence-electron chi connectivity index (χ4n) is 1.92. The smallest absolute Gasteiger partial charge is 0.221 e. The average Bonchev–Trinajstić information content (AvgIpc) is 2.47. The van der Waals surface area contributed by atoms with E-state index >= 15 is 0 Å². The molecule has 0 saturated carbocycles. The molecule has 104 valence electrons. The van der Waals surface area contributed by atoms with E-state index in [0.717, 1.165) is 11.1 Å². The Balaban J connectivity index is 2.03. The molecule has 0 fully saturated rings. The predicted molar refractivity (Wildman–Crippen MR) is 77.4 cm³/mol.